The molecule has 5 heteroatoms. The van der Waals surface area contributed by atoms with E-state index in [0.29, 0.717) is 5.69 Å². The summed E-state index contributed by atoms with van der Waals surface area (Å²) in [4.78, 5) is 0. The number of benzene rings is 2. The highest BCUT2D eigenvalue weighted by molar-refractivity contribution is 9.10. The number of nitrogens with one attached hydrogen (secondary N) is 1. The number of halogens is 3. The van der Waals surface area contributed by atoms with Crippen LogP contribution in [0.15, 0.2) is 40.9 Å². The van der Waals surface area contributed by atoms with Crippen molar-refractivity contribution in [2.45, 2.75) is 0 Å². The fraction of sp³-hybridized carbons (Fsp3) is 0. The molecule has 0 atom stereocenters. The second kappa shape index (κ2) is 5.15. The lowest BCUT2D eigenvalue weighted by atomic mass is 10.2. The van der Waals surface area contributed by atoms with E-state index in [-0.39, 0.29) is 11.3 Å². The molecule has 0 amide bonds. The van der Waals surface area contributed by atoms with Gasteiger partial charge < -0.3 is 5.32 Å². The van der Waals surface area contributed by atoms with Crippen molar-refractivity contribution in [3.63, 3.8) is 0 Å². The van der Waals surface area contributed by atoms with Gasteiger partial charge in [0, 0.05) is 10.2 Å². The highest BCUT2D eigenvalue weighted by Crippen LogP contribution is 2.24. The van der Waals surface area contributed by atoms with Crippen LogP contribution in [0.2, 0.25) is 0 Å². The van der Waals surface area contributed by atoms with Crippen LogP contribution in [0, 0.1) is 23.0 Å². The molecule has 90 valence electrons. The highest BCUT2D eigenvalue weighted by Gasteiger charge is 2.13. The van der Waals surface area contributed by atoms with E-state index in [9.17, 15) is 8.78 Å². The molecule has 0 aliphatic rings. The zero-order valence-electron chi connectivity index (χ0n) is 9.05. The molecule has 0 fully saturated rings. The van der Waals surface area contributed by atoms with E-state index in [1.54, 1.807) is 30.3 Å². The van der Waals surface area contributed by atoms with Crippen molar-refractivity contribution in [2.24, 2.45) is 0 Å². The van der Waals surface area contributed by atoms with Crippen molar-refractivity contribution in [1.29, 1.82) is 5.26 Å². The van der Waals surface area contributed by atoms with Crippen molar-refractivity contribution in [3.05, 3.63) is 58.1 Å². The first-order valence-electron chi connectivity index (χ1n) is 5.02. The van der Waals surface area contributed by atoms with E-state index in [1.807, 2.05) is 0 Å². The molecule has 0 saturated carbocycles. The molecule has 0 saturated heterocycles. The lowest BCUT2D eigenvalue weighted by Gasteiger charge is -2.08. The van der Waals surface area contributed by atoms with Crippen molar-refractivity contribution in [3.8, 4) is 6.07 Å². The van der Waals surface area contributed by atoms with E-state index in [2.05, 4.69) is 21.2 Å². The Bertz CT molecular complexity index is 618. The van der Waals surface area contributed by atoms with Crippen LogP contribution in [0.5, 0.6) is 0 Å². The second-order valence-corrected chi connectivity index (χ2v) is 4.45. The van der Waals surface area contributed by atoms with Gasteiger partial charge in [-0.1, -0.05) is 15.9 Å². The zero-order valence-corrected chi connectivity index (χ0v) is 10.6. The first kappa shape index (κ1) is 12.5. The average Bonchev–Trinajstić information content (AvgIpc) is 2.38. The SMILES string of the molecule is N#Cc1ccc(Nc2ccc(Br)cc2)c(F)c1F. The average molecular weight is 309 g/mol. The fourth-order valence-electron chi connectivity index (χ4n) is 1.42. The van der Waals surface area contributed by atoms with Gasteiger partial charge in [0.2, 0.25) is 0 Å². The molecule has 1 N–H and O–H groups in total. The molecule has 2 rings (SSSR count). The molecular weight excluding hydrogens is 302 g/mol. The summed E-state index contributed by atoms with van der Waals surface area (Å²) in [7, 11) is 0. The van der Waals surface area contributed by atoms with Crippen molar-refractivity contribution in [1.82, 2.24) is 0 Å². The van der Waals surface area contributed by atoms with Crippen molar-refractivity contribution >= 4 is 27.3 Å². The quantitative estimate of drug-likeness (QED) is 0.895. The van der Waals surface area contributed by atoms with Crippen LogP contribution in [0.4, 0.5) is 20.2 Å². The lowest BCUT2D eigenvalue weighted by molar-refractivity contribution is 0.509. The largest absolute Gasteiger partial charge is 0.353 e. The third-order valence-electron chi connectivity index (χ3n) is 2.33. The van der Waals surface area contributed by atoms with Gasteiger partial charge in [0.1, 0.15) is 6.07 Å². The van der Waals surface area contributed by atoms with E-state index in [4.69, 9.17) is 5.26 Å². The Kier molecular flexibility index (Phi) is 3.58. The number of nitrogens with zero attached hydrogens (tertiary/aromatic N) is 1. The summed E-state index contributed by atoms with van der Waals surface area (Å²) in [6.07, 6.45) is 0. The first-order chi connectivity index (χ1) is 8.61. The smallest absolute Gasteiger partial charge is 0.183 e. The van der Waals surface area contributed by atoms with Gasteiger partial charge in [-0.3, -0.25) is 0 Å². The molecule has 0 aliphatic carbocycles. The van der Waals surface area contributed by atoms with Crippen LogP contribution >= 0.6 is 15.9 Å². The Morgan fingerprint density at radius 2 is 1.67 bits per heavy atom. The van der Waals surface area contributed by atoms with Gasteiger partial charge in [0.25, 0.3) is 0 Å². The van der Waals surface area contributed by atoms with Crippen LogP contribution in [0.1, 0.15) is 5.56 Å². The topological polar surface area (TPSA) is 35.8 Å². The molecule has 18 heavy (non-hydrogen) atoms. The normalized spacial score (nSPS) is 9.89. The first-order valence-corrected chi connectivity index (χ1v) is 5.82. The second-order valence-electron chi connectivity index (χ2n) is 3.53. The molecule has 0 spiro atoms. The Balaban J connectivity index is 2.33. The number of anilines is 2. The van der Waals surface area contributed by atoms with E-state index in [0.717, 1.165) is 4.47 Å². The fourth-order valence-corrected chi connectivity index (χ4v) is 1.69. The molecule has 0 bridgehead atoms. The monoisotopic (exact) mass is 308 g/mol. The van der Waals surface area contributed by atoms with E-state index < -0.39 is 11.6 Å². The number of hydrogen-bond acceptors (Lipinski definition) is 2. The van der Waals surface area contributed by atoms with Crippen LogP contribution < -0.4 is 5.32 Å². The van der Waals surface area contributed by atoms with Crippen molar-refractivity contribution < 1.29 is 8.78 Å². The molecule has 2 aromatic carbocycles. The lowest BCUT2D eigenvalue weighted by Crippen LogP contribution is -1.98. The van der Waals surface area contributed by atoms with E-state index in [1.165, 1.54) is 12.1 Å². The minimum absolute atomic E-state index is 0.00572. The van der Waals surface area contributed by atoms with Crippen molar-refractivity contribution in [2.75, 3.05) is 5.32 Å². The standard InChI is InChI=1S/C13H7BrF2N2/c14-9-2-4-10(5-3-9)18-11-6-1-8(7-17)12(15)13(11)16/h1-6,18H. The van der Waals surface area contributed by atoms with Crippen LogP contribution in [0.3, 0.4) is 0 Å². The summed E-state index contributed by atoms with van der Waals surface area (Å²) in [5, 5.41) is 11.3. The maximum atomic E-state index is 13.6. The summed E-state index contributed by atoms with van der Waals surface area (Å²) in [5.74, 6) is -2.20. The minimum Gasteiger partial charge on any atom is -0.353 e. The summed E-state index contributed by atoms with van der Waals surface area (Å²) in [6.45, 7) is 0. The third-order valence-corrected chi connectivity index (χ3v) is 2.85. The van der Waals surface area contributed by atoms with Crippen LogP contribution in [0.25, 0.3) is 0 Å². The zero-order chi connectivity index (χ0) is 13.1. The van der Waals surface area contributed by atoms with Gasteiger partial charge in [-0.25, -0.2) is 8.78 Å². The molecule has 0 unspecified atom stereocenters. The van der Waals surface area contributed by atoms with E-state index >= 15 is 0 Å². The Hall–Kier alpha value is -1.93. The number of rotatable bonds is 2. The summed E-state index contributed by atoms with van der Waals surface area (Å²) >= 11 is 3.28. The Morgan fingerprint density at radius 3 is 2.28 bits per heavy atom. The van der Waals surface area contributed by atoms with Gasteiger partial charge >= 0.3 is 0 Å². The molecule has 0 radical (unpaired) electrons. The summed E-state index contributed by atoms with van der Waals surface area (Å²) in [5.41, 5.74) is 0.309. The van der Waals surface area contributed by atoms with Gasteiger partial charge in [0.15, 0.2) is 11.6 Å². The molecular formula is C13H7BrF2N2. The molecule has 0 aliphatic heterocycles. The Labute approximate surface area is 111 Å². The maximum Gasteiger partial charge on any atom is 0.183 e. The summed E-state index contributed by atoms with van der Waals surface area (Å²) < 4.78 is 27.9. The molecule has 0 heterocycles. The third kappa shape index (κ3) is 2.49. The number of nitriles is 1. The maximum absolute atomic E-state index is 13.6. The van der Waals surface area contributed by atoms with Crippen LogP contribution in [-0.4, -0.2) is 0 Å². The van der Waals surface area contributed by atoms with Crippen LogP contribution in [-0.2, 0) is 0 Å². The van der Waals surface area contributed by atoms with Gasteiger partial charge in [0.05, 0.1) is 11.3 Å². The Morgan fingerprint density at radius 1 is 1.00 bits per heavy atom. The molecule has 2 nitrogen and oxygen atoms in total. The van der Waals surface area contributed by atoms with Gasteiger partial charge in [-0.15, -0.1) is 0 Å². The predicted octanol–water partition coefficient (Wildman–Crippen LogP) is 4.34. The number of hydrogen-bond donors (Lipinski definition) is 1. The minimum atomic E-state index is -1.14. The highest BCUT2D eigenvalue weighted by atomic mass is 79.9. The molecule has 0 aromatic heterocycles. The summed E-state index contributed by atoms with van der Waals surface area (Å²) in [6, 6.07) is 11.2. The van der Waals surface area contributed by atoms with Gasteiger partial charge in [-0.05, 0) is 36.4 Å². The predicted molar refractivity (Wildman–Crippen MR) is 68.5 cm³/mol. The molecule has 2 aromatic rings. The van der Waals surface area contributed by atoms with Gasteiger partial charge in [-0.2, -0.15) is 5.26 Å².